The van der Waals surface area contributed by atoms with Crippen LogP contribution in [0.25, 0.3) is 0 Å². The average molecular weight is 261 g/mol. The van der Waals surface area contributed by atoms with Crippen molar-refractivity contribution < 1.29 is 9.53 Å². The van der Waals surface area contributed by atoms with Crippen molar-refractivity contribution in [2.45, 2.75) is 32.7 Å². The van der Waals surface area contributed by atoms with E-state index in [0.717, 1.165) is 19.0 Å². The minimum Gasteiger partial charge on any atom is -0.465 e. The van der Waals surface area contributed by atoms with Crippen LogP contribution in [-0.4, -0.2) is 31.1 Å². The van der Waals surface area contributed by atoms with Crippen LogP contribution in [0.2, 0.25) is 0 Å². The topological polar surface area (TPSA) is 29.5 Å². The summed E-state index contributed by atoms with van der Waals surface area (Å²) in [7, 11) is 1.42. The quantitative estimate of drug-likeness (QED) is 0.706. The van der Waals surface area contributed by atoms with Crippen LogP contribution in [0, 0.1) is 5.92 Å². The van der Waals surface area contributed by atoms with Crippen LogP contribution in [0.4, 0.5) is 0 Å². The van der Waals surface area contributed by atoms with E-state index in [4.69, 9.17) is 4.74 Å². The Labute approximate surface area is 115 Å². The second-order valence-corrected chi connectivity index (χ2v) is 5.37. The van der Waals surface area contributed by atoms with Gasteiger partial charge in [0.15, 0.2) is 0 Å². The molecule has 1 aromatic rings. The SMILES string of the molecule is CCCN(Cc1cccc(C(=O)OC)c1)CC1CC1. The molecule has 0 aliphatic heterocycles. The van der Waals surface area contributed by atoms with Gasteiger partial charge < -0.3 is 4.74 Å². The molecule has 0 bridgehead atoms. The lowest BCUT2D eigenvalue weighted by atomic mass is 10.1. The molecule has 0 atom stereocenters. The summed E-state index contributed by atoms with van der Waals surface area (Å²) in [6.45, 7) is 5.45. The molecule has 0 aromatic heterocycles. The summed E-state index contributed by atoms with van der Waals surface area (Å²) in [5.74, 6) is 0.640. The van der Waals surface area contributed by atoms with Crippen LogP contribution in [0.15, 0.2) is 24.3 Å². The molecule has 1 aromatic carbocycles. The molecule has 1 saturated carbocycles. The maximum absolute atomic E-state index is 11.5. The van der Waals surface area contributed by atoms with Crippen LogP contribution in [0.1, 0.15) is 42.1 Å². The predicted octanol–water partition coefficient (Wildman–Crippen LogP) is 3.10. The highest BCUT2D eigenvalue weighted by atomic mass is 16.5. The molecular weight excluding hydrogens is 238 g/mol. The molecule has 19 heavy (non-hydrogen) atoms. The molecule has 1 fully saturated rings. The number of carbonyl (C=O) groups is 1. The zero-order chi connectivity index (χ0) is 13.7. The standard InChI is InChI=1S/C16H23NO2/c1-3-9-17(11-13-7-8-13)12-14-5-4-6-15(10-14)16(18)19-2/h4-6,10,13H,3,7-9,11-12H2,1-2H3. The lowest BCUT2D eigenvalue weighted by Crippen LogP contribution is -2.26. The van der Waals surface area contributed by atoms with Crippen molar-refractivity contribution in [2.75, 3.05) is 20.2 Å². The third kappa shape index (κ3) is 4.35. The van der Waals surface area contributed by atoms with E-state index in [2.05, 4.69) is 17.9 Å². The van der Waals surface area contributed by atoms with Gasteiger partial charge in [0.05, 0.1) is 12.7 Å². The Bertz CT molecular complexity index is 427. The molecule has 0 unspecified atom stereocenters. The summed E-state index contributed by atoms with van der Waals surface area (Å²) in [4.78, 5) is 14.0. The summed E-state index contributed by atoms with van der Waals surface area (Å²) in [6.07, 6.45) is 3.92. The van der Waals surface area contributed by atoms with Gasteiger partial charge in [0.1, 0.15) is 0 Å². The Kier molecular flexibility index (Phi) is 4.97. The van der Waals surface area contributed by atoms with Gasteiger partial charge in [-0.1, -0.05) is 19.1 Å². The van der Waals surface area contributed by atoms with Crippen LogP contribution in [-0.2, 0) is 11.3 Å². The molecule has 0 saturated heterocycles. The van der Waals surface area contributed by atoms with Gasteiger partial charge in [0.2, 0.25) is 0 Å². The fourth-order valence-corrected chi connectivity index (χ4v) is 2.39. The fraction of sp³-hybridized carbons (Fsp3) is 0.562. The number of benzene rings is 1. The zero-order valence-electron chi connectivity index (χ0n) is 11.9. The third-order valence-corrected chi connectivity index (χ3v) is 3.51. The van der Waals surface area contributed by atoms with Gasteiger partial charge in [-0.3, -0.25) is 4.90 Å². The van der Waals surface area contributed by atoms with Crippen molar-refractivity contribution in [2.24, 2.45) is 5.92 Å². The lowest BCUT2D eigenvalue weighted by Gasteiger charge is -2.21. The molecule has 1 aliphatic rings. The van der Waals surface area contributed by atoms with E-state index in [9.17, 15) is 4.79 Å². The Balaban J connectivity index is 2.00. The average Bonchev–Trinajstić information content (AvgIpc) is 3.22. The van der Waals surface area contributed by atoms with E-state index in [1.807, 2.05) is 12.1 Å². The van der Waals surface area contributed by atoms with Gasteiger partial charge in [0.25, 0.3) is 0 Å². The van der Waals surface area contributed by atoms with Crippen molar-refractivity contribution in [1.82, 2.24) is 4.90 Å². The second kappa shape index (κ2) is 6.71. The van der Waals surface area contributed by atoms with Crippen LogP contribution < -0.4 is 0 Å². The van der Waals surface area contributed by atoms with E-state index in [-0.39, 0.29) is 5.97 Å². The van der Waals surface area contributed by atoms with Crippen molar-refractivity contribution in [3.05, 3.63) is 35.4 Å². The van der Waals surface area contributed by atoms with Gasteiger partial charge in [-0.2, -0.15) is 0 Å². The highest BCUT2D eigenvalue weighted by molar-refractivity contribution is 5.89. The first-order chi connectivity index (χ1) is 9.22. The second-order valence-electron chi connectivity index (χ2n) is 5.37. The molecule has 104 valence electrons. The Hall–Kier alpha value is -1.35. The molecule has 0 N–H and O–H groups in total. The highest BCUT2D eigenvalue weighted by Gasteiger charge is 2.24. The van der Waals surface area contributed by atoms with E-state index < -0.39 is 0 Å². The number of hydrogen-bond acceptors (Lipinski definition) is 3. The van der Waals surface area contributed by atoms with Gasteiger partial charge in [-0.05, 0) is 49.4 Å². The molecule has 0 radical (unpaired) electrons. The normalized spacial score (nSPS) is 14.7. The molecule has 3 nitrogen and oxygen atoms in total. The molecule has 1 aliphatic carbocycles. The van der Waals surface area contributed by atoms with Crippen molar-refractivity contribution in [3.8, 4) is 0 Å². The highest BCUT2D eigenvalue weighted by Crippen LogP contribution is 2.30. The van der Waals surface area contributed by atoms with Crippen LogP contribution >= 0.6 is 0 Å². The lowest BCUT2D eigenvalue weighted by molar-refractivity contribution is 0.0600. The smallest absolute Gasteiger partial charge is 0.337 e. The molecule has 0 heterocycles. The summed E-state index contributed by atoms with van der Waals surface area (Å²) >= 11 is 0. The van der Waals surface area contributed by atoms with Gasteiger partial charge in [-0.15, -0.1) is 0 Å². The van der Waals surface area contributed by atoms with Crippen LogP contribution in [0.3, 0.4) is 0 Å². The first kappa shape index (κ1) is 14.1. The molecule has 2 rings (SSSR count). The zero-order valence-corrected chi connectivity index (χ0v) is 11.9. The Morgan fingerprint density at radius 1 is 1.42 bits per heavy atom. The van der Waals surface area contributed by atoms with E-state index in [1.165, 1.54) is 38.5 Å². The maximum atomic E-state index is 11.5. The molecular formula is C16H23NO2. The number of carbonyl (C=O) groups excluding carboxylic acids is 1. The van der Waals surface area contributed by atoms with E-state index in [1.54, 1.807) is 6.07 Å². The minimum absolute atomic E-state index is 0.258. The molecule has 3 heteroatoms. The number of ether oxygens (including phenoxy) is 1. The third-order valence-electron chi connectivity index (χ3n) is 3.51. The number of methoxy groups -OCH3 is 1. The van der Waals surface area contributed by atoms with Crippen molar-refractivity contribution in [3.63, 3.8) is 0 Å². The summed E-state index contributed by atoms with van der Waals surface area (Å²) in [5.41, 5.74) is 1.83. The number of nitrogens with zero attached hydrogens (tertiary/aromatic N) is 1. The molecule has 0 spiro atoms. The molecule has 0 amide bonds. The summed E-state index contributed by atoms with van der Waals surface area (Å²) in [5, 5.41) is 0. The van der Waals surface area contributed by atoms with E-state index >= 15 is 0 Å². The monoisotopic (exact) mass is 261 g/mol. The van der Waals surface area contributed by atoms with Gasteiger partial charge in [0, 0.05) is 13.1 Å². The summed E-state index contributed by atoms with van der Waals surface area (Å²) in [6, 6.07) is 7.77. The van der Waals surface area contributed by atoms with Gasteiger partial charge in [-0.25, -0.2) is 4.79 Å². The minimum atomic E-state index is -0.258. The number of esters is 1. The Morgan fingerprint density at radius 2 is 2.21 bits per heavy atom. The van der Waals surface area contributed by atoms with Crippen molar-refractivity contribution in [1.29, 1.82) is 0 Å². The number of rotatable bonds is 7. The fourth-order valence-electron chi connectivity index (χ4n) is 2.39. The largest absolute Gasteiger partial charge is 0.465 e. The van der Waals surface area contributed by atoms with Gasteiger partial charge >= 0.3 is 5.97 Å². The Morgan fingerprint density at radius 3 is 2.84 bits per heavy atom. The van der Waals surface area contributed by atoms with Crippen molar-refractivity contribution >= 4 is 5.97 Å². The summed E-state index contributed by atoms with van der Waals surface area (Å²) < 4.78 is 4.77. The first-order valence-electron chi connectivity index (χ1n) is 7.12. The predicted molar refractivity (Wildman–Crippen MR) is 76.1 cm³/mol. The van der Waals surface area contributed by atoms with E-state index in [0.29, 0.717) is 5.56 Å². The number of hydrogen-bond donors (Lipinski definition) is 0. The van der Waals surface area contributed by atoms with Crippen LogP contribution in [0.5, 0.6) is 0 Å². The maximum Gasteiger partial charge on any atom is 0.337 e. The first-order valence-corrected chi connectivity index (χ1v) is 7.12.